The molecule has 0 saturated heterocycles. The minimum absolute atomic E-state index is 0.479. The lowest BCUT2D eigenvalue weighted by atomic mass is 10.9. The van der Waals surface area contributed by atoms with Crippen LogP contribution in [0.5, 0.6) is 0 Å². The van der Waals surface area contributed by atoms with Crippen LogP contribution >= 0.6 is 0 Å². The van der Waals surface area contributed by atoms with Crippen LogP contribution in [0.3, 0.4) is 0 Å². The Morgan fingerprint density at radius 3 is 1.60 bits per heavy atom. The highest BCUT2D eigenvalue weighted by Crippen LogP contribution is 2.24. The van der Waals surface area contributed by atoms with Crippen molar-refractivity contribution in [1.29, 1.82) is 0 Å². The third-order valence-electron chi connectivity index (χ3n) is 2.87. The molecule has 0 amide bonds. The molecule has 7 nitrogen and oxygen atoms in total. The summed E-state index contributed by atoms with van der Waals surface area (Å²) in [6, 6.07) is 0.529. The second-order valence-corrected chi connectivity index (χ2v) is 14.4. The van der Waals surface area contributed by atoms with E-state index in [1.165, 1.54) is 0 Å². The number of hydrogen-bond acceptors (Lipinski definition) is 7. The monoisotopic (exact) mass is 344 g/mol. The molecule has 0 aliphatic rings. The van der Waals surface area contributed by atoms with Crippen molar-refractivity contribution in [2.75, 3.05) is 42.2 Å². The Labute approximate surface area is 125 Å². The van der Waals surface area contributed by atoms with Crippen LogP contribution in [-0.2, 0) is 30.7 Å². The maximum absolute atomic E-state index is 6.08. The molecular weight excluding hydrogens is 316 g/mol. The molecule has 0 saturated carbocycles. The summed E-state index contributed by atoms with van der Waals surface area (Å²) in [5, 5.41) is 0. The fourth-order valence-electron chi connectivity index (χ4n) is 1.52. The van der Waals surface area contributed by atoms with Crippen molar-refractivity contribution in [3.8, 4) is 0 Å². The van der Waals surface area contributed by atoms with Crippen LogP contribution in [0.4, 0.5) is 0 Å². The summed E-state index contributed by atoms with van der Waals surface area (Å²) < 4.78 is 39.1. The molecule has 1 unspecified atom stereocenters. The summed E-state index contributed by atoms with van der Waals surface area (Å²) in [5.41, 5.74) is 0. The average Bonchev–Trinajstić information content (AvgIpc) is 2.43. The van der Waals surface area contributed by atoms with E-state index in [1.807, 2.05) is 19.6 Å². The summed E-state index contributed by atoms with van der Waals surface area (Å²) in [6.07, 6.45) is 0. The van der Waals surface area contributed by atoms with Crippen LogP contribution in [0.1, 0.15) is 0 Å². The first-order valence-electron chi connectivity index (χ1n) is 6.32. The Bertz CT molecular complexity index is 276. The lowest BCUT2D eigenvalue weighted by Crippen LogP contribution is -2.60. The topological polar surface area (TPSA) is 64.6 Å². The largest absolute Gasteiger partial charge is 0.495 e. The highest BCUT2D eigenvalue weighted by molar-refractivity contribution is 6.81. The molecule has 0 fully saturated rings. The Kier molecular flexibility index (Phi) is 8.89. The van der Waals surface area contributed by atoms with E-state index in [9.17, 15) is 0 Å². The van der Waals surface area contributed by atoms with E-state index < -0.39 is 26.2 Å². The van der Waals surface area contributed by atoms with Crippen LogP contribution in [0.15, 0.2) is 0 Å². The highest BCUT2D eigenvalue weighted by atomic mass is 28.5. The van der Waals surface area contributed by atoms with Gasteiger partial charge in [-0.1, -0.05) is 0 Å². The number of methoxy groups -OCH3 is 1. The van der Waals surface area contributed by atoms with Crippen molar-refractivity contribution in [2.24, 2.45) is 0 Å². The summed E-state index contributed by atoms with van der Waals surface area (Å²) >= 11 is 0. The molecule has 0 aromatic carbocycles. The molecule has 20 heavy (non-hydrogen) atoms. The quantitative estimate of drug-likeness (QED) is 0.526. The van der Waals surface area contributed by atoms with Gasteiger partial charge in [-0.15, -0.1) is 0 Å². The van der Waals surface area contributed by atoms with E-state index in [1.54, 1.807) is 35.5 Å². The molecule has 0 bridgehead atoms. The van der Waals surface area contributed by atoms with Gasteiger partial charge in [0.2, 0.25) is 0 Å². The first kappa shape index (κ1) is 20.4. The van der Waals surface area contributed by atoms with Gasteiger partial charge in [-0.25, -0.2) is 0 Å². The molecule has 10 heteroatoms. The zero-order valence-electron chi connectivity index (χ0n) is 13.8. The van der Waals surface area contributed by atoms with Gasteiger partial charge in [-0.3, -0.25) is 0 Å². The van der Waals surface area contributed by atoms with Crippen molar-refractivity contribution in [3.05, 3.63) is 0 Å². The molecule has 0 aromatic heterocycles. The molecule has 0 heterocycles. The van der Waals surface area contributed by atoms with E-state index in [0.29, 0.717) is 12.7 Å². The van der Waals surface area contributed by atoms with Gasteiger partial charge in [-0.2, -0.15) is 0 Å². The summed E-state index contributed by atoms with van der Waals surface area (Å²) in [4.78, 5) is 0. The Morgan fingerprint density at radius 2 is 1.25 bits per heavy atom. The van der Waals surface area contributed by atoms with Crippen LogP contribution < -0.4 is 0 Å². The van der Waals surface area contributed by atoms with E-state index in [2.05, 4.69) is 0 Å². The summed E-state index contributed by atoms with van der Waals surface area (Å²) in [5.74, 6) is 0. The Hall–Kier alpha value is 0.371. The molecule has 0 aliphatic carbocycles. The van der Waals surface area contributed by atoms with E-state index in [0.717, 1.165) is 0 Å². The molecule has 0 spiro atoms. The van der Waals surface area contributed by atoms with Crippen LogP contribution in [0.2, 0.25) is 25.7 Å². The van der Waals surface area contributed by atoms with Crippen molar-refractivity contribution >= 4 is 26.2 Å². The predicted molar refractivity (Wildman–Crippen MR) is 81.7 cm³/mol. The minimum atomic E-state index is -2.91. The van der Waals surface area contributed by atoms with Crippen LogP contribution in [0.25, 0.3) is 0 Å². The Balaban J connectivity index is 5.02. The first-order valence-corrected chi connectivity index (χ1v) is 13.3. The zero-order valence-corrected chi connectivity index (χ0v) is 16.8. The van der Waals surface area contributed by atoms with Crippen LogP contribution in [0, 0.1) is 0 Å². The van der Waals surface area contributed by atoms with Gasteiger partial charge < -0.3 is 30.7 Å². The normalized spacial score (nSPS) is 16.2. The maximum Gasteiger partial charge on any atom is 0.495 e. The lowest BCUT2D eigenvalue weighted by Gasteiger charge is -2.37. The van der Waals surface area contributed by atoms with Gasteiger partial charge in [-0.05, 0) is 13.1 Å². The van der Waals surface area contributed by atoms with E-state index >= 15 is 0 Å². The van der Waals surface area contributed by atoms with Crippen LogP contribution in [-0.4, -0.2) is 68.3 Å². The average molecular weight is 345 g/mol. The fourth-order valence-corrected chi connectivity index (χ4v) is 11.0. The number of rotatable bonds is 11. The molecule has 0 radical (unpaired) electrons. The van der Waals surface area contributed by atoms with Gasteiger partial charge in [0.1, 0.15) is 0 Å². The fraction of sp³-hybridized carbons (Fsp3) is 1.00. The van der Waals surface area contributed by atoms with Crippen molar-refractivity contribution in [1.82, 2.24) is 0 Å². The van der Waals surface area contributed by atoms with Crippen molar-refractivity contribution in [2.45, 2.75) is 25.7 Å². The highest BCUT2D eigenvalue weighted by Gasteiger charge is 2.52. The van der Waals surface area contributed by atoms with E-state index in [4.69, 9.17) is 30.7 Å². The minimum Gasteiger partial charge on any atom is -0.398 e. The van der Waals surface area contributed by atoms with Gasteiger partial charge in [0.25, 0.3) is 0 Å². The standard InChI is InChI=1S/C10H28O7Si3/c1-11-9-10-20(14-4,15-5)17-19(8,13-3)16-18(6,7)12-2/h9-10H2,1-8H3. The maximum atomic E-state index is 6.08. The third kappa shape index (κ3) is 6.43. The number of ether oxygens (including phenoxy) is 1. The second kappa shape index (κ2) is 8.73. The Morgan fingerprint density at radius 1 is 0.700 bits per heavy atom. The van der Waals surface area contributed by atoms with Crippen molar-refractivity contribution in [3.63, 3.8) is 0 Å². The summed E-state index contributed by atoms with van der Waals surface area (Å²) in [7, 11) is -0.158. The molecule has 0 rings (SSSR count). The zero-order chi connectivity index (χ0) is 15.9. The molecule has 0 N–H and O–H groups in total. The first-order chi connectivity index (χ1) is 9.22. The molecular formula is C10H28O7Si3. The molecule has 1 atom stereocenters. The smallest absolute Gasteiger partial charge is 0.398 e. The van der Waals surface area contributed by atoms with Gasteiger partial charge in [0.15, 0.2) is 0 Å². The molecule has 122 valence electrons. The SMILES string of the molecule is COCC[Si](OC)(OC)O[Si](C)(OC)O[Si](C)(C)OC. The van der Waals surface area contributed by atoms with Gasteiger partial charge >= 0.3 is 26.2 Å². The van der Waals surface area contributed by atoms with E-state index in [-0.39, 0.29) is 0 Å². The van der Waals surface area contributed by atoms with Gasteiger partial charge in [0, 0.05) is 48.1 Å². The second-order valence-electron chi connectivity index (χ2n) is 4.71. The molecule has 0 aromatic rings. The predicted octanol–water partition coefficient (Wildman–Crippen LogP) is 1.46. The summed E-state index contributed by atoms with van der Waals surface area (Å²) in [6.45, 7) is 6.15. The third-order valence-corrected chi connectivity index (χ3v) is 12.8. The van der Waals surface area contributed by atoms with Gasteiger partial charge in [0.05, 0.1) is 6.61 Å². The lowest BCUT2D eigenvalue weighted by molar-refractivity contribution is 0.0918. The molecule has 0 aliphatic heterocycles. The number of hydrogen-bond donors (Lipinski definition) is 0. The van der Waals surface area contributed by atoms with Crippen molar-refractivity contribution < 1.29 is 30.7 Å².